The molecule has 22 heavy (non-hydrogen) atoms. The van der Waals surface area contributed by atoms with Crippen LogP contribution in [0.3, 0.4) is 0 Å². The Morgan fingerprint density at radius 2 is 1.91 bits per heavy atom. The number of β-amino-alcohol motifs (C(OH)–C–C–N with tert-alkyl or cyclic N) is 1. The van der Waals surface area contributed by atoms with E-state index in [2.05, 4.69) is 10.2 Å². The van der Waals surface area contributed by atoms with Crippen molar-refractivity contribution in [3.8, 4) is 0 Å². The second-order valence-corrected chi connectivity index (χ2v) is 5.63. The number of anilines is 1. The van der Waals surface area contributed by atoms with Crippen LogP contribution in [0.1, 0.15) is 25.5 Å². The van der Waals surface area contributed by atoms with Gasteiger partial charge in [-0.15, -0.1) is 0 Å². The van der Waals surface area contributed by atoms with E-state index in [1.54, 1.807) is 19.1 Å². The molecule has 1 atom stereocenters. The molecule has 1 aliphatic heterocycles. The number of carbonyl (C=O) groups is 2. The summed E-state index contributed by atoms with van der Waals surface area (Å²) in [4.78, 5) is 26.3. The van der Waals surface area contributed by atoms with E-state index in [4.69, 9.17) is 0 Å². The fourth-order valence-corrected chi connectivity index (χ4v) is 2.62. The lowest BCUT2D eigenvalue weighted by Crippen LogP contribution is -2.48. The van der Waals surface area contributed by atoms with Crippen LogP contribution < -0.4 is 5.32 Å². The minimum Gasteiger partial charge on any atom is -0.387 e. The molecule has 1 unspecified atom stereocenters. The molecule has 0 saturated carbocycles. The Kier molecular flexibility index (Phi) is 5.51. The van der Waals surface area contributed by atoms with Crippen molar-refractivity contribution < 1.29 is 14.7 Å². The van der Waals surface area contributed by atoms with Crippen LogP contribution in [-0.4, -0.2) is 59.4 Å². The first kappa shape index (κ1) is 16.5. The van der Waals surface area contributed by atoms with E-state index >= 15 is 0 Å². The maximum absolute atomic E-state index is 11.3. The highest BCUT2D eigenvalue weighted by atomic mass is 16.3. The van der Waals surface area contributed by atoms with Gasteiger partial charge < -0.3 is 15.3 Å². The van der Waals surface area contributed by atoms with Gasteiger partial charge in [0.05, 0.1) is 6.10 Å². The number of hydrogen-bond acceptors (Lipinski definition) is 4. The van der Waals surface area contributed by atoms with Crippen molar-refractivity contribution in [3.05, 3.63) is 29.8 Å². The fraction of sp³-hybridized carbons (Fsp3) is 0.500. The molecule has 0 bridgehead atoms. The van der Waals surface area contributed by atoms with Crippen LogP contribution >= 0.6 is 0 Å². The van der Waals surface area contributed by atoms with E-state index in [1.165, 1.54) is 6.92 Å². The summed E-state index contributed by atoms with van der Waals surface area (Å²) in [5.74, 6) is -0.0322. The fourth-order valence-electron chi connectivity index (χ4n) is 2.62. The smallest absolute Gasteiger partial charge is 0.221 e. The number of benzene rings is 1. The zero-order valence-corrected chi connectivity index (χ0v) is 13.1. The second-order valence-electron chi connectivity index (χ2n) is 5.63. The van der Waals surface area contributed by atoms with Gasteiger partial charge in [0.2, 0.25) is 11.8 Å². The first-order valence-corrected chi connectivity index (χ1v) is 7.49. The number of nitrogens with zero attached hydrogens (tertiary/aromatic N) is 2. The van der Waals surface area contributed by atoms with Crippen molar-refractivity contribution in [1.29, 1.82) is 0 Å². The van der Waals surface area contributed by atoms with E-state index in [9.17, 15) is 14.7 Å². The van der Waals surface area contributed by atoms with Crippen LogP contribution in [0.2, 0.25) is 0 Å². The maximum atomic E-state index is 11.3. The molecule has 1 heterocycles. The van der Waals surface area contributed by atoms with Gasteiger partial charge >= 0.3 is 0 Å². The molecule has 2 N–H and O–H groups in total. The normalized spacial score (nSPS) is 17.1. The third-order valence-electron chi connectivity index (χ3n) is 3.84. The lowest BCUT2D eigenvalue weighted by Gasteiger charge is -2.35. The monoisotopic (exact) mass is 305 g/mol. The van der Waals surface area contributed by atoms with Crippen molar-refractivity contribution >= 4 is 17.5 Å². The number of carbonyl (C=O) groups excluding carboxylic acids is 2. The quantitative estimate of drug-likeness (QED) is 0.865. The third kappa shape index (κ3) is 4.54. The highest BCUT2D eigenvalue weighted by Gasteiger charge is 2.21. The van der Waals surface area contributed by atoms with Gasteiger partial charge in [-0.2, -0.15) is 0 Å². The summed E-state index contributed by atoms with van der Waals surface area (Å²) in [6, 6.07) is 7.25. The summed E-state index contributed by atoms with van der Waals surface area (Å²) in [7, 11) is 0. The number of amides is 2. The van der Waals surface area contributed by atoms with Crippen LogP contribution in [0.15, 0.2) is 24.3 Å². The van der Waals surface area contributed by atoms with E-state index in [0.29, 0.717) is 25.3 Å². The number of aliphatic hydroxyl groups excluding tert-OH is 1. The summed E-state index contributed by atoms with van der Waals surface area (Å²) < 4.78 is 0. The molecule has 6 nitrogen and oxygen atoms in total. The average molecular weight is 305 g/mol. The molecule has 0 aliphatic carbocycles. The predicted molar refractivity (Wildman–Crippen MR) is 84.4 cm³/mol. The molecule has 1 fully saturated rings. The summed E-state index contributed by atoms with van der Waals surface area (Å²) in [6.45, 7) is 6.50. The average Bonchev–Trinajstić information content (AvgIpc) is 2.47. The predicted octanol–water partition coefficient (Wildman–Crippen LogP) is 0.842. The topological polar surface area (TPSA) is 72.9 Å². The minimum absolute atomic E-state index is 0.100. The molecular weight excluding hydrogens is 282 g/mol. The van der Waals surface area contributed by atoms with E-state index in [-0.39, 0.29) is 11.8 Å². The van der Waals surface area contributed by atoms with Gasteiger partial charge in [-0.1, -0.05) is 12.1 Å². The highest BCUT2D eigenvalue weighted by molar-refractivity contribution is 5.88. The zero-order chi connectivity index (χ0) is 16.1. The van der Waals surface area contributed by atoms with Gasteiger partial charge in [-0.25, -0.2) is 0 Å². The van der Waals surface area contributed by atoms with E-state index in [0.717, 1.165) is 18.7 Å². The van der Waals surface area contributed by atoms with Crippen LogP contribution in [0.25, 0.3) is 0 Å². The number of aliphatic hydroxyl groups is 1. The molecule has 120 valence electrons. The first-order chi connectivity index (χ1) is 10.5. The number of nitrogens with one attached hydrogen (secondary N) is 1. The number of hydrogen-bond donors (Lipinski definition) is 2. The van der Waals surface area contributed by atoms with Gasteiger partial charge in [0.25, 0.3) is 0 Å². The second kappa shape index (κ2) is 7.38. The number of piperazine rings is 1. The molecular formula is C16H23N3O3. The Hall–Kier alpha value is -1.92. The van der Waals surface area contributed by atoms with Gasteiger partial charge in [-0.05, 0) is 17.7 Å². The summed E-state index contributed by atoms with van der Waals surface area (Å²) in [5.41, 5.74) is 1.46. The summed E-state index contributed by atoms with van der Waals surface area (Å²) in [6.07, 6.45) is -0.613. The third-order valence-corrected chi connectivity index (χ3v) is 3.84. The molecule has 0 radical (unpaired) electrons. The van der Waals surface area contributed by atoms with Crippen molar-refractivity contribution in [2.75, 3.05) is 38.0 Å². The molecule has 0 spiro atoms. The first-order valence-electron chi connectivity index (χ1n) is 7.49. The standard InChI is InChI=1S/C16H23N3O3/c1-12(20)17-15-5-3-4-14(10-15)16(22)11-18-6-8-19(9-7-18)13(2)21/h3-5,10,16,22H,6-9,11H2,1-2H3,(H,17,20). The molecule has 0 aromatic heterocycles. The minimum atomic E-state index is -0.613. The summed E-state index contributed by atoms with van der Waals surface area (Å²) in [5, 5.41) is 13.1. The lowest BCUT2D eigenvalue weighted by molar-refractivity contribution is -0.130. The van der Waals surface area contributed by atoms with Gasteiger partial charge in [0, 0.05) is 52.3 Å². The summed E-state index contributed by atoms with van der Waals surface area (Å²) >= 11 is 0. The Bertz CT molecular complexity index is 539. The highest BCUT2D eigenvalue weighted by Crippen LogP contribution is 2.19. The molecule has 2 amide bonds. The van der Waals surface area contributed by atoms with Crippen molar-refractivity contribution in [2.24, 2.45) is 0 Å². The molecule has 1 aromatic carbocycles. The van der Waals surface area contributed by atoms with Crippen molar-refractivity contribution in [1.82, 2.24) is 9.80 Å². The zero-order valence-electron chi connectivity index (χ0n) is 13.1. The van der Waals surface area contributed by atoms with Crippen LogP contribution in [0.4, 0.5) is 5.69 Å². The van der Waals surface area contributed by atoms with Crippen LogP contribution in [-0.2, 0) is 9.59 Å². The molecule has 2 rings (SSSR count). The molecule has 6 heteroatoms. The SMILES string of the molecule is CC(=O)Nc1cccc(C(O)CN2CCN(C(C)=O)CC2)c1. The Balaban J connectivity index is 1.91. The largest absolute Gasteiger partial charge is 0.387 e. The molecule has 1 aliphatic rings. The van der Waals surface area contributed by atoms with Gasteiger partial charge in [-0.3, -0.25) is 14.5 Å². The van der Waals surface area contributed by atoms with Crippen molar-refractivity contribution in [2.45, 2.75) is 20.0 Å². The Morgan fingerprint density at radius 1 is 1.23 bits per heavy atom. The molecule has 1 aromatic rings. The molecule has 1 saturated heterocycles. The van der Waals surface area contributed by atoms with E-state index in [1.807, 2.05) is 17.0 Å². The van der Waals surface area contributed by atoms with Crippen molar-refractivity contribution in [3.63, 3.8) is 0 Å². The van der Waals surface area contributed by atoms with Gasteiger partial charge in [0.1, 0.15) is 0 Å². The maximum Gasteiger partial charge on any atom is 0.221 e. The Morgan fingerprint density at radius 3 is 2.50 bits per heavy atom. The Labute approximate surface area is 130 Å². The van der Waals surface area contributed by atoms with Crippen LogP contribution in [0.5, 0.6) is 0 Å². The number of rotatable bonds is 4. The van der Waals surface area contributed by atoms with E-state index < -0.39 is 6.10 Å². The van der Waals surface area contributed by atoms with Crippen LogP contribution in [0, 0.1) is 0 Å². The lowest BCUT2D eigenvalue weighted by atomic mass is 10.1. The van der Waals surface area contributed by atoms with Gasteiger partial charge in [0.15, 0.2) is 0 Å².